The summed E-state index contributed by atoms with van der Waals surface area (Å²) >= 11 is 6.27. The lowest BCUT2D eigenvalue weighted by Crippen LogP contribution is -2.31. The Hall–Kier alpha value is -1.52. The van der Waals surface area contributed by atoms with Crippen LogP contribution in [0.1, 0.15) is 10.5 Å². The summed E-state index contributed by atoms with van der Waals surface area (Å²) in [5, 5.41) is 10.2. The molecule has 0 bridgehead atoms. The molecule has 5 heteroatoms. The number of hydrogen-bond acceptors (Lipinski definition) is 2. The number of halogens is 1. The Labute approximate surface area is 110 Å². The summed E-state index contributed by atoms with van der Waals surface area (Å²) in [5.74, 6) is -0.187. The predicted molar refractivity (Wildman–Crippen MR) is 72.0 cm³/mol. The number of aryl methyl sites for hydroxylation is 1. The molecule has 1 amide bonds. The lowest BCUT2D eigenvalue weighted by molar-refractivity contribution is 0.0758. The zero-order valence-corrected chi connectivity index (χ0v) is 11.1. The maximum absolute atomic E-state index is 12.3. The second-order valence-corrected chi connectivity index (χ2v) is 4.57. The first-order valence-corrected chi connectivity index (χ1v) is 6.05. The number of carbonyl (C=O) groups excluding carboxylic acids is 1. The smallest absolute Gasteiger partial charge is 0.271 e. The van der Waals surface area contributed by atoms with Crippen molar-refractivity contribution < 1.29 is 9.90 Å². The third kappa shape index (κ3) is 1.98. The zero-order chi connectivity index (χ0) is 13.3. The number of carbonyl (C=O) groups is 1. The highest BCUT2D eigenvalue weighted by Gasteiger charge is 2.22. The van der Waals surface area contributed by atoms with Crippen molar-refractivity contribution in [1.82, 2.24) is 9.47 Å². The molecule has 1 aromatic carbocycles. The van der Waals surface area contributed by atoms with Gasteiger partial charge >= 0.3 is 0 Å². The van der Waals surface area contributed by atoms with Crippen molar-refractivity contribution in [3.05, 3.63) is 35.0 Å². The number of benzene rings is 1. The third-order valence-corrected chi connectivity index (χ3v) is 3.41. The third-order valence-electron chi connectivity index (χ3n) is 3.03. The van der Waals surface area contributed by atoms with E-state index in [4.69, 9.17) is 16.7 Å². The SMILES string of the molecule is CN(CCO)C(=O)c1c(Cl)c2ccccc2n1C. The normalized spacial score (nSPS) is 10.9. The molecule has 0 aliphatic carbocycles. The summed E-state index contributed by atoms with van der Waals surface area (Å²) < 4.78 is 1.79. The first kappa shape index (κ1) is 12.9. The Bertz CT molecular complexity index is 553. The number of rotatable bonds is 3. The van der Waals surface area contributed by atoms with Crippen molar-refractivity contribution >= 4 is 28.4 Å². The van der Waals surface area contributed by atoms with Gasteiger partial charge in [-0.25, -0.2) is 0 Å². The van der Waals surface area contributed by atoms with Gasteiger partial charge in [-0.15, -0.1) is 0 Å². The van der Waals surface area contributed by atoms with Crippen LogP contribution in [0.2, 0.25) is 5.02 Å². The van der Waals surface area contributed by atoms with E-state index >= 15 is 0 Å². The molecule has 1 N–H and O–H groups in total. The monoisotopic (exact) mass is 266 g/mol. The minimum Gasteiger partial charge on any atom is -0.395 e. The van der Waals surface area contributed by atoms with E-state index < -0.39 is 0 Å². The lowest BCUT2D eigenvalue weighted by Gasteiger charge is -2.16. The molecule has 0 aliphatic heterocycles. The van der Waals surface area contributed by atoms with Crippen LogP contribution in [0, 0.1) is 0 Å². The van der Waals surface area contributed by atoms with Gasteiger partial charge in [-0.2, -0.15) is 0 Å². The number of aliphatic hydroxyl groups is 1. The van der Waals surface area contributed by atoms with Crippen molar-refractivity contribution in [3.8, 4) is 0 Å². The highest BCUT2D eigenvalue weighted by molar-refractivity contribution is 6.38. The Morgan fingerprint density at radius 1 is 1.44 bits per heavy atom. The molecule has 0 atom stereocenters. The van der Waals surface area contributed by atoms with E-state index in [1.165, 1.54) is 4.90 Å². The Morgan fingerprint density at radius 3 is 2.72 bits per heavy atom. The molecule has 0 radical (unpaired) electrons. The Kier molecular flexibility index (Phi) is 3.59. The molecule has 0 spiro atoms. The van der Waals surface area contributed by atoms with E-state index in [9.17, 15) is 4.79 Å². The number of para-hydroxylation sites is 1. The average Bonchev–Trinajstić information content (AvgIpc) is 2.62. The van der Waals surface area contributed by atoms with Gasteiger partial charge in [0.25, 0.3) is 5.91 Å². The number of nitrogens with zero attached hydrogens (tertiary/aromatic N) is 2. The van der Waals surface area contributed by atoms with E-state index in [0.717, 1.165) is 10.9 Å². The van der Waals surface area contributed by atoms with Crippen LogP contribution in [0.3, 0.4) is 0 Å². The molecule has 1 heterocycles. The molecule has 2 rings (SSSR count). The molecule has 0 unspecified atom stereocenters. The van der Waals surface area contributed by atoms with Crippen molar-refractivity contribution in [3.63, 3.8) is 0 Å². The average molecular weight is 267 g/mol. The first-order chi connectivity index (χ1) is 8.57. The number of fused-ring (bicyclic) bond motifs is 1. The molecule has 1 aromatic heterocycles. The van der Waals surface area contributed by atoms with Crippen molar-refractivity contribution in [2.24, 2.45) is 7.05 Å². The number of likely N-dealkylation sites (N-methyl/N-ethyl adjacent to an activating group) is 1. The van der Waals surface area contributed by atoms with Gasteiger partial charge in [-0.1, -0.05) is 29.8 Å². The fourth-order valence-electron chi connectivity index (χ4n) is 2.02. The Balaban J connectivity index is 2.54. The molecular weight excluding hydrogens is 252 g/mol. The fourth-order valence-corrected chi connectivity index (χ4v) is 2.38. The standard InChI is InChI=1S/C13H15ClN2O2/c1-15(7-8-17)13(18)12-11(14)9-5-3-4-6-10(9)16(12)2/h3-6,17H,7-8H2,1-2H3. The van der Waals surface area contributed by atoms with Crippen LogP contribution in [0.15, 0.2) is 24.3 Å². The van der Waals surface area contributed by atoms with Crippen LogP contribution in [-0.2, 0) is 7.05 Å². The lowest BCUT2D eigenvalue weighted by atomic mass is 10.2. The van der Waals surface area contributed by atoms with Crippen LogP contribution in [0.4, 0.5) is 0 Å². The molecule has 18 heavy (non-hydrogen) atoms. The van der Waals surface area contributed by atoms with Gasteiger partial charge in [0.1, 0.15) is 5.69 Å². The summed E-state index contributed by atoms with van der Waals surface area (Å²) in [4.78, 5) is 13.7. The maximum atomic E-state index is 12.3. The van der Waals surface area contributed by atoms with Crippen LogP contribution in [0.25, 0.3) is 10.9 Å². The topological polar surface area (TPSA) is 45.5 Å². The van der Waals surface area contributed by atoms with E-state index in [1.807, 2.05) is 31.3 Å². The van der Waals surface area contributed by atoms with E-state index in [0.29, 0.717) is 10.7 Å². The fraction of sp³-hybridized carbons (Fsp3) is 0.308. The highest BCUT2D eigenvalue weighted by Crippen LogP contribution is 2.30. The number of aliphatic hydroxyl groups excluding tert-OH is 1. The largest absolute Gasteiger partial charge is 0.395 e. The van der Waals surface area contributed by atoms with E-state index in [1.54, 1.807) is 11.6 Å². The molecule has 0 saturated carbocycles. The van der Waals surface area contributed by atoms with E-state index in [-0.39, 0.29) is 19.1 Å². The van der Waals surface area contributed by atoms with Gasteiger partial charge in [0.15, 0.2) is 0 Å². The van der Waals surface area contributed by atoms with Gasteiger partial charge < -0.3 is 14.6 Å². The minimum absolute atomic E-state index is 0.0657. The summed E-state index contributed by atoms with van der Waals surface area (Å²) in [7, 11) is 3.46. The minimum atomic E-state index is -0.187. The van der Waals surface area contributed by atoms with Gasteiger partial charge in [-0.05, 0) is 6.07 Å². The number of hydrogen-bond donors (Lipinski definition) is 1. The molecule has 0 aliphatic rings. The van der Waals surface area contributed by atoms with Crippen molar-refractivity contribution in [2.45, 2.75) is 0 Å². The maximum Gasteiger partial charge on any atom is 0.271 e. The summed E-state index contributed by atoms with van der Waals surface area (Å²) in [6.07, 6.45) is 0. The number of aromatic nitrogens is 1. The zero-order valence-electron chi connectivity index (χ0n) is 10.4. The van der Waals surface area contributed by atoms with Gasteiger partial charge in [0.2, 0.25) is 0 Å². The second-order valence-electron chi connectivity index (χ2n) is 4.19. The predicted octanol–water partition coefficient (Wildman–Crippen LogP) is 1.90. The molecule has 4 nitrogen and oxygen atoms in total. The molecule has 0 fully saturated rings. The number of amides is 1. The first-order valence-electron chi connectivity index (χ1n) is 5.67. The van der Waals surface area contributed by atoms with Crippen molar-refractivity contribution in [1.29, 1.82) is 0 Å². The quantitative estimate of drug-likeness (QED) is 0.922. The Morgan fingerprint density at radius 2 is 2.11 bits per heavy atom. The molecular formula is C13H15ClN2O2. The van der Waals surface area contributed by atoms with Crippen LogP contribution < -0.4 is 0 Å². The van der Waals surface area contributed by atoms with Crippen LogP contribution >= 0.6 is 11.6 Å². The van der Waals surface area contributed by atoms with Crippen LogP contribution in [0.5, 0.6) is 0 Å². The van der Waals surface area contributed by atoms with Crippen LogP contribution in [-0.4, -0.2) is 40.7 Å². The summed E-state index contributed by atoms with van der Waals surface area (Å²) in [6, 6.07) is 7.61. The van der Waals surface area contributed by atoms with Crippen molar-refractivity contribution in [2.75, 3.05) is 20.2 Å². The second kappa shape index (κ2) is 5.00. The van der Waals surface area contributed by atoms with Gasteiger partial charge in [0, 0.05) is 31.5 Å². The van der Waals surface area contributed by atoms with Gasteiger partial charge in [0.05, 0.1) is 11.6 Å². The molecule has 0 saturated heterocycles. The highest BCUT2D eigenvalue weighted by atomic mass is 35.5. The molecule has 2 aromatic rings. The van der Waals surface area contributed by atoms with E-state index in [2.05, 4.69) is 0 Å². The summed E-state index contributed by atoms with van der Waals surface area (Å²) in [6.45, 7) is 0.223. The summed E-state index contributed by atoms with van der Waals surface area (Å²) in [5.41, 5.74) is 1.37. The van der Waals surface area contributed by atoms with Gasteiger partial charge in [-0.3, -0.25) is 4.79 Å². The molecule has 96 valence electrons.